The molecule has 134 valence electrons. The van der Waals surface area contributed by atoms with Crippen molar-refractivity contribution in [3.63, 3.8) is 0 Å². The summed E-state index contributed by atoms with van der Waals surface area (Å²) in [7, 11) is 0. The number of hydrogen-bond donors (Lipinski definition) is 2. The third-order valence-electron chi connectivity index (χ3n) is 3.71. The average molecular weight is 386 g/mol. The van der Waals surface area contributed by atoms with Crippen LogP contribution in [0.1, 0.15) is 6.92 Å². The van der Waals surface area contributed by atoms with Crippen molar-refractivity contribution in [1.82, 2.24) is 14.9 Å². The summed E-state index contributed by atoms with van der Waals surface area (Å²) < 4.78 is 1.42. The molecule has 0 saturated heterocycles. The van der Waals surface area contributed by atoms with E-state index in [-0.39, 0.29) is 11.2 Å². The van der Waals surface area contributed by atoms with E-state index >= 15 is 0 Å². The Balaban J connectivity index is 1.71. The molecule has 3 aromatic rings. The van der Waals surface area contributed by atoms with E-state index in [2.05, 4.69) is 15.5 Å². The van der Waals surface area contributed by atoms with E-state index in [1.54, 1.807) is 11.8 Å². The Morgan fingerprint density at radius 3 is 2.54 bits per heavy atom. The van der Waals surface area contributed by atoms with Crippen molar-refractivity contribution in [1.29, 1.82) is 0 Å². The predicted molar refractivity (Wildman–Crippen MR) is 108 cm³/mol. The normalized spacial score (nSPS) is 11.9. The molecule has 26 heavy (non-hydrogen) atoms. The molecule has 0 bridgehead atoms. The number of nitrogens with zero attached hydrogens (tertiary/aromatic N) is 3. The molecule has 0 radical (unpaired) electrons. The zero-order valence-corrected chi connectivity index (χ0v) is 16.1. The van der Waals surface area contributed by atoms with E-state index in [1.807, 2.05) is 67.8 Å². The zero-order chi connectivity index (χ0) is 18.5. The van der Waals surface area contributed by atoms with Crippen LogP contribution in [-0.4, -0.2) is 32.3 Å². The second-order valence-electron chi connectivity index (χ2n) is 5.49. The molecular weight excluding hydrogens is 366 g/mol. The van der Waals surface area contributed by atoms with E-state index in [9.17, 15) is 4.79 Å². The Labute approximate surface area is 160 Å². The van der Waals surface area contributed by atoms with Crippen molar-refractivity contribution in [3.8, 4) is 11.4 Å². The number of benzene rings is 2. The zero-order valence-electron chi connectivity index (χ0n) is 14.4. The topological polar surface area (TPSA) is 85.8 Å². The summed E-state index contributed by atoms with van der Waals surface area (Å²) in [5, 5.41) is 11.3. The molecule has 6 nitrogen and oxygen atoms in total. The molecule has 1 aromatic heterocycles. The van der Waals surface area contributed by atoms with Crippen LogP contribution in [0.4, 0.5) is 5.69 Å². The molecule has 3 N–H and O–H groups in total. The van der Waals surface area contributed by atoms with Gasteiger partial charge in [-0.3, -0.25) is 4.79 Å². The summed E-state index contributed by atoms with van der Waals surface area (Å²) in [6.07, 6.45) is 1.98. The van der Waals surface area contributed by atoms with Gasteiger partial charge >= 0.3 is 0 Å². The number of aromatic nitrogens is 3. The highest BCUT2D eigenvalue weighted by Crippen LogP contribution is 2.28. The lowest BCUT2D eigenvalue weighted by Crippen LogP contribution is -2.24. The van der Waals surface area contributed by atoms with Gasteiger partial charge in [0, 0.05) is 10.5 Å². The minimum absolute atomic E-state index is 0.110. The Hall–Kier alpha value is -2.45. The number of amides is 1. The Morgan fingerprint density at radius 2 is 1.81 bits per heavy atom. The maximum absolute atomic E-state index is 12.5. The number of thioether (sulfide) groups is 2. The summed E-state index contributed by atoms with van der Waals surface area (Å²) in [6.45, 7) is 1.82. The fraction of sp³-hybridized carbons (Fsp3) is 0.167. The number of carbonyl (C=O) groups excluding carboxylic acids is 1. The standard InChI is InChI=1S/C18H19N5OS2/c1-12(17(24)20-14-10-6-7-11-15(14)25-2)26-18-22-21-16(23(18)19)13-8-4-3-5-9-13/h3-12H,19H2,1-2H3,(H,20,24). The summed E-state index contributed by atoms with van der Waals surface area (Å²) in [5.74, 6) is 6.57. The molecule has 3 rings (SSSR count). The van der Waals surface area contributed by atoms with Crippen LogP contribution >= 0.6 is 23.5 Å². The van der Waals surface area contributed by atoms with Crippen LogP contribution in [0, 0.1) is 0 Å². The smallest absolute Gasteiger partial charge is 0.237 e. The highest BCUT2D eigenvalue weighted by atomic mass is 32.2. The molecule has 0 aliphatic rings. The first-order valence-corrected chi connectivity index (χ1v) is 10.1. The van der Waals surface area contributed by atoms with Crippen molar-refractivity contribution < 1.29 is 4.79 Å². The van der Waals surface area contributed by atoms with Gasteiger partial charge in [0.2, 0.25) is 11.1 Å². The second kappa shape index (κ2) is 8.29. The first-order valence-electron chi connectivity index (χ1n) is 7.96. The van der Waals surface area contributed by atoms with Crippen molar-refractivity contribution >= 4 is 35.1 Å². The Morgan fingerprint density at radius 1 is 1.12 bits per heavy atom. The van der Waals surface area contributed by atoms with E-state index in [0.717, 1.165) is 16.1 Å². The Kier molecular flexibility index (Phi) is 5.85. The van der Waals surface area contributed by atoms with E-state index in [1.165, 1.54) is 16.4 Å². The number of rotatable bonds is 6. The quantitative estimate of drug-likeness (QED) is 0.499. The van der Waals surface area contributed by atoms with Crippen LogP contribution < -0.4 is 11.2 Å². The van der Waals surface area contributed by atoms with Gasteiger partial charge in [-0.25, -0.2) is 4.68 Å². The predicted octanol–water partition coefficient (Wildman–Crippen LogP) is 3.50. The molecule has 1 amide bonds. The summed E-state index contributed by atoms with van der Waals surface area (Å²) in [5.41, 5.74) is 1.68. The van der Waals surface area contributed by atoms with Gasteiger partial charge in [0.1, 0.15) is 0 Å². The highest BCUT2D eigenvalue weighted by Gasteiger charge is 2.20. The number of para-hydroxylation sites is 1. The summed E-state index contributed by atoms with van der Waals surface area (Å²) in [6, 6.07) is 17.3. The van der Waals surface area contributed by atoms with Crippen LogP contribution in [-0.2, 0) is 4.79 Å². The van der Waals surface area contributed by atoms with Crippen molar-refractivity contribution in [3.05, 3.63) is 54.6 Å². The molecule has 0 aliphatic heterocycles. The van der Waals surface area contributed by atoms with Gasteiger partial charge in [-0.1, -0.05) is 54.2 Å². The second-order valence-corrected chi connectivity index (χ2v) is 7.65. The molecule has 1 heterocycles. The van der Waals surface area contributed by atoms with Gasteiger partial charge in [0.05, 0.1) is 10.9 Å². The van der Waals surface area contributed by atoms with Crippen LogP contribution in [0.3, 0.4) is 0 Å². The van der Waals surface area contributed by atoms with Crippen LogP contribution in [0.25, 0.3) is 11.4 Å². The monoisotopic (exact) mass is 385 g/mol. The molecule has 8 heteroatoms. The third kappa shape index (κ3) is 4.03. The van der Waals surface area contributed by atoms with E-state index in [4.69, 9.17) is 5.84 Å². The highest BCUT2D eigenvalue weighted by molar-refractivity contribution is 8.00. The van der Waals surface area contributed by atoms with Gasteiger partial charge in [-0.2, -0.15) is 0 Å². The molecule has 2 aromatic carbocycles. The van der Waals surface area contributed by atoms with Crippen LogP contribution in [0.5, 0.6) is 0 Å². The Bertz CT molecular complexity index is 898. The third-order valence-corrected chi connectivity index (χ3v) is 5.57. The molecule has 1 unspecified atom stereocenters. The summed E-state index contributed by atoms with van der Waals surface area (Å²) in [4.78, 5) is 13.6. The van der Waals surface area contributed by atoms with Crippen LogP contribution in [0.15, 0.2) is 64.6 Å². The molecule has 0 aliphatic carbocycles. The fourth-order valence-electron chi connectivity index (χ4n) is 2.34. The minimum atomic E-state index is -0.375. The number of nitrogens with one attached hydrogen (secondary N) is 1. The van der Waals surface area contributed by atoms with Gasteiger partial charge in [0.25, 0.3) is 0 Å². The molecule has 1 atom stereocenters. The lowest BCUT2D eigenvalue weighted by molar-refractivity contribution is -0.115. The summed E-state index contributed by atoms with van der Waals surface area (Å²) >= 11 is 2.86. The minimum Gasteiger partial charge on any atom is -0.335 e. The molecule has 0 fully saturated rings. The van der Waals surface area contributed by atoms with Gasteiger partial charge in [-0.15, -0.1) is 22.0 Å². The number of nitrogens with two attached hydrogens (primary N) is 1. The lowest BCUT2D eigenvalue weighted by atomic mass is 10.2. The van der Waals surface area contributed by atoms with Crippen molar-refractivity contribution in [2.24, 2.45) is 0 Å². The lowest BCUT2D eigenvalue weighted by Gasteiger charge is -2.13. The molecule has 0 spiro atoms. The first kappa shape index (κ1) is 18.3. The first-order chi connectivity index (χ1) is 12.6. The van der Waals surface area contributed by atoms with Gasteiger partial charge in [0.15, 0.2) is 5.82 Å². The number of carbonyl (C=O) groups is 1. The maximum Gasteiger partial charge on any atom is 0.237 e. The number of anilines is 1. The average Bonchev–Trinajstić information content (AvgIpc) is 3.03. The van der Waals surface area contributed by atoms with Gasteiger partial charge < -0.3 is 11.2 Å². The van der Waals surface area contributed by atoms with Gasteiger partial charge in [-0.05, 0) is 25.3 Å². The maximum atomic E-state index is 12.5. The molecule has 0 saturated carbocycles. The van der Waals surface area contributed by atoms with Crippen molar-refractivity contribution in [2.45, 2.75) is 22.2 Å². The number of hydrogen-bond acceptors (Lipinski definition) is 6. The molecular formula is C18H19N5OS2. The number of nitrogen functional groups attached to an aromatic ring is 1. The van der Waals surface area contributed by atoms with Crippen LogP contribution in [0.2, 0.25) is 0 Å². The van der Waals surface area contributed by atoms with E-state index in [0.29, 0.717) is 11.0 Å². The SMILES string of the molecule is CSc1ccccc1NC(=O)C(C)Sc1nnc(-c2ccccc2)n1N. The van der Waals surface area contributed by atoms with E-state index < -0.39 is 0 Å². The fourth-order valence-corrected chi connectivity index (χ4v) is 3.66. The largest absolute Gasteiger partial charge is 0.335 e. The van der Waals surface area contributed by atoms with Crippen molar-refractivity contribution in [2.75, 3.05) is 17.4 Å².